The van der Waals surface area contributed by atoms with Gasteiger partial charge < -0.3 is 20.9 Å². The summed E-state index contributed by atoms with van der Waals surface area (Å²) < 4.78 is 5.69. The zero-order chi connectivity index (χ0) is 25.4. The van der Waals surface area contributed by atoms with Gasteiger partial charge in [0.05, 0.1) is 6.61 Å². The summed E-state index contributed by atoms with van der Waals surface area (Å²) in [6, 6.07) is 0. The summed E-state index contributed by atoms with van der Waals surface area (Å²) in [7, 11) is 0. The smallest absolute Gasteiger partial charge is 0.407 e. The molecular formula is C30H52N2O3. The quantitative estimate of drug-likeness (QED) is 0.355. The van der Waals surface area contributed by atoms with Crippen LogP contribution < -0.4 is 11.1 Å². The lowest BCUT2D eigenvalue weighted by molar-refractivity contribution is -0.0744. The Morgan fingerprint density at radius 1 is 1.14 bits per heavy atom. The van der Waals surface area contributed by atoms with Gasteiger partial charge in [0.2, 0.25) is 0 Å². The molecule has 4 rings (SSSR count). The molecular weight excluding hydrogens is 436 g/mol. The molecule has 4 aliphatic carbocycles. The predicted molar refractivity (Wildman–Crippen MR) is 142 cm³/mol. The van der Waals surface area contributed by atoms with E-state index < -0.39 is 6.09 Å². The van der Waals surface area contributed by atoms with Gasteiger partial charge in [-0.15, -0.1) is 0 Å². The Kier molecular flexibility index (Phi) is 7.98. The zero-order valence-corrected chi connectivity index (χ0v) is 23.1. The Hall–Kier alpha value is -1.07. The second kappa shape index (κ2) is 10.4. The summed E-state index contributed by atoms with van der Waals surface area (Å²) in [4.78, 5) is 12.1. The molecule has 8 unspecified atom stereocenters. The molecule has 35 heavy (non-hydrogen) atoms. The highest BCUT2D eigenvalue weighted by molar-refractivity contribution is 5.67. The lowest BCUT2D eigenvalue weighted by atomic mass is 9.44. The number of nitrogens with one attached hydrogen (secondary N) is 1. The number of ether oxygens (including phenoxy) is 1. The van der Waals surface area contributed by atoms with E-state index in [1.54, 1.807) is 0 Å². The van der Waals surface area contributed by atoms with Crippen molar-refractivity contribution in [2.24, 2.45) is 46.2 Å². The van der Waals surface area contributed by atoms with E-state index in [1.165, 1.54) is 50.5 Å². The third-order valence-corrected chi connectivity index (χ3v) is 11.1. The fraction of sp³-hybridized carbons (Fsp3) is 0.900. The average Bonchev–Trinajstić information content (AvgIpc) is 3.16. The molecule has 0 aromatic heterocycles. The molecule has 4 N–H and O–H groups in total. The topological polar surface area (TPSA) is 84.6 Å². The van der Waals surface area contributed by atoms with E-state index in [4.69, 9.17) is 15.6 Å². The Morgan fingerprint density at radius 3 is 2.63 bits per heavy atom. The highest BCUT2D eigenvalue weighted by Gasteiger charge is 2.64. The first-order valence-corrected chi connectivity index (χ1v) is 14.6. The summed E-state index contributed by atoms with van der Waals surface area (Å²) in [6.07, 6.45) is 14.9. The van der Waals surface area contributed by atoms with Crippen molar-refractivity contribution in [1.82, 2.24) is 5.32 Å². The molecule has 3 fully saturated rings. The number of hydrogen-bond donors (Lipinski definition) is 3. The molecule has 0 bridgehead atoms. The van der Waals surface area contributed by atoms with Gasteiger partial charge in [0.1, 0.15) is 6.10 Å². The minimum atomic E-state index is -0.412. The highest BCUT2D eigenvalue weighted by Crippen LogP contribution is 2.68. The molecule has 0 spiro atoms. The van der Waals surface area contributed by atoms with Crippen molar-refractivity contribution in [2.75, 3.05) is 13.2 Å². The van der Waals surface area contributed by atoms with Gasteiger partial charge in [-0.2, -0.15) is 0 Å². The van der Waals surface area contributed by atoms with E-state index in [1.807, 2.05) is 0 Å². The molecule has 0 aromatic rings. The van der Waals surface area contributed by atoms with Crippen LogP contribution in [0.1, 0.15) is 105 Å². The van der Waals surface area contributed by atoms with Gasteiger partial charge in [0.25, 0.3) is 0 Å². The van der Waals surface area contributed by atoms with Crippen molar-refractivity contribution < 1.29 is 14.6 Å². The molecule has 0 radical (unpaired) electrons. The van der Waals surface area contributed by atoms with Crippen LogP contribution in [-0.2, 0) is 4.74 Å². The van der Waals surface area contributed by atoms with E-state index in [0.29, 0.717) is 17.3 Å². The standard InChI is InChI=1S/C30H52N2O3/c1-20(2)7-6-8-21(3)24-9-10-25-29(24,5)15-13-26-28(4)14-12-23(35-27(34)32-17-18-33)19-22(28)11-16-30(25,26)31/h11,20-21,23-26,33H,6-10,12-19,31H2,1-5H3,(H,32,34). The number of aliphatic hydroxyl groups is 1. The van der Waals surface area contributed by atoms with Crippen molar-refractivity contribution >= 4 is 6.09 Å². The van der Waals surface area contributed by atoms with Crippen molar-refractivity contribution in [3.8, 4) is 0 Å². The fourth-order valence-corrected chi connectivity index (χ4v) is 9.32. The van der Waals surface area contributed by atoms with Crippen molar-refractivity contribution in [3.63, 3.8) is 0 Å². The summed E-state index contributed by atoms with van der Waals surface area (Å²) in [5, 5.41) is 11.6. The molecule has 0 heterocycles. The molecule has 0 aromatic carbocycles. The second-order valence-corrected chi connectivity index (χ2v) is 13.5. The van der Waals surface area contributed by atoms with E-state index in [0.717, 1.165) is 43.4 Å². The van der Waals surface area contributed by atoms with Crippen LogP contribution in [0.5, 0.6) is 0 Å². The molecule has 3 saturated carbocycles. The minimum Gasteiger partial charge on any atom is -0.446 e. The number of carbonyl (C=O) groups excluding carboxylic acids is 1. The van der Waals surface area contributed by atoms with E-state index in [2.05, 4.69) is 46.0 Å². The maximum absolute atomic E-state index is 12.1. The number of alkyl carbamates (subject to hydrolysis) is 1. The predicted octanol–water partition coefficient (Wildman–Crippen LogP) is 6.20. The molecule has 200 valence electrons. The summed E-state index contributed by atoms with van der Waals surface area (Å²) in [5.41, 5.74) is 9.39. The van der Waals surface area contributed by atoms with Crippen LogP contribution in [0.25, 0.3) is 0 Å². The first-order valence-electron chi connectivity index (χ1n) is 14.6. The van der Waals surface area contributed by atoms with E-state index in [9.17, 15) is 4.79 Å². The molecule has 5 nitrogen and oxygen atoms in total. The SMILES string of the molecule is CC(C)CCCC(C)C1CCC2C1(C)CCC1C3(C)CCC(OC(=O)NCCO)CC3=CCC12N. The number of nitrogens with two attached hydrogens (primary N) is 1. The minimum absolute atomic E-state index is 0.0685. The summed E-state index contributed by atoms with van der Waals surface area (Å²) in [5.74, 6) is 3.53. The average molecular weight is 489 g/mol. The van der Waals surface area contributed by atoms with E-state index in [-0.39, 0.29) is 30.2 Å². The molecule has 8 atom stereocenters. The van der Waals surface area contributed by atoms with Crippen LogP contribution in [0.4, 0.5) is 4.79 Å². The highest BCUT2D eigenvalue weighted by atomic mass is 16.6. The zero-order valence-electron chi connectivity index (χ0n) is 23.1. The molecule has 4 aliphatic rings. The lowest BCUT2D eigenvalue weighted by Gasteiger charge is -2.63. The number of carbonyl (C=O) groups is 1. The summed E-state index contributed by atoms with van der Waals surface area (Å²) in [6.45, 7) is 12.4. The lowest BCUT2D eigenvalue weighted by Crippen LogP contribution is -2.66. The Bertz CT molecular complexity index is 796. The number of aliphatic hydroxyl groups excluding tert-OH is 1. The first-order chi connectivity index (χ1) is 16.5. The molecule has 5 heteroatoms. The Labute approximate surface area is 214 Å². The third-order valence-electron chi connectivity index (χ3n) is 11.1. The van der Waals surface area contributed by atoms with Gasteiger partial charge in [-0.05, 0) is 85.4 Å². The Morgan fingerprint density at radius 2 is 1.91 bits per heavy atom. The molecule has 0 aliphatic heterocycles. The third kappa shape index (κ3) is 4.93. The van der Waals surface area contributed by atoms with Gasteiger partial charge in [0.15, 0.2) is 0 Å². The number of fused-ring (bicyclic) bond motifs is 5. The number of hydrogen-bond acceptors (Lipinski definition) is 4. The number of rotatable bonds is 8. The van der Waals surface area contributed by atoms with Crippen LogP contribution in [0.2, 0.25) is 0 Å². The van der Waals surface area contributed by atoms with Crippen LogP contribution in [0.15, 0.2) is 11.6 Å². The fourth-order valence-electron chi connectivity index (χ4n) is 9.32. The van der Waals surface area contributed by atoms with Gasteiger partial charge in [-0.1, -0.05) is 65.5 Å². The van der Waals surface area contributed by atoms with Crippen LogP contribution in [-0.4, -0.2) is 36.0 Å². The van der Waals surface area contributed by atoms with Crippen molar-refractivity contribution in [2.45, 2.75) is 117 Å². The van der Waals surface area contributed by atoms with Gasteiger partial charge in [-0.3, -0.25) is 0 Å². The Balaban J connectivity index is 1.46. The van der Waals surface area contributed by atoms with Gasteiger partial charge in [-0.25, -0.2) is 4.79 Å². The summed E-state index contributed by atoms with van der Waals surface area (Å²) >= 11 is 0. The van der Waals surface area contributed by atoms with Gasteiger partial charge in [0, 0.05) is 18.5 Å². The van der Waals surface area contributed by atoms with Crippen LogP contribution in [0, 0.1) is 40.4 Å². The largest absolute Gasteiger partial charge is 0.446 e. The number of amides is 1. The second-order valence-electron chi connectivity index (χ2n) is 13.5. The van der Waals surface area contributed by atoms with Gasteiger partial charge >= 0.3 is 6.09 Å². The maximum Gasteiger partial charge on any atom is 0.407 e. The van der Waals surface area contributed by atoms with E-state index >= 15 is 0 Å². The normalized spacial score (nSPS) is 41.4. The molecule has 0 saturated heterocycles. The first kappa shape index (κ1) is 27.0. The molecule has 1 amide bonds. The van der Waals surface area contributed by atoms with Crippen LogP contribution >= 0.6 is 0 Å². The maximum atomic E-state index is 12.1. The van der Waals surface area contributed by atoms with Crippen LogP contribution in [0.3, 0.4) is 0 Å². The van der Waals surface area contributed by atoms with Crippen molar-refractivity contribution in [1.29, 1.82) is 0 Å². The monoisotopic (exact) mass is 488 g/mol. The van der Waals surface area contributed by atoms with Crippen molar-refractivity contribution in [3.05, 3.63) is 11.6 Å².